The second-order valence-corrected chi connectivity index (χ2v) is 11.7. The summed E-state index contributed by atoms with van der Waals surface area (Å²) >= 11 is 0. The van der Waals surface area contributed by atoms with Gasteiger partial charge < -0.3 is 4.42 Å². The maximum Gasteiger partial charge on any atom is 0.258 e. The number of rotatable bonds is 0. The van der Waals surface area contributed by atoms with Gasteiger partial charge in [-0.15, -0.1) is 0 Å². The van der Waals surface area contributed by atoms with Crippen LogP contribution in [0.3, 0.4) is 0 Å². The first-order valence-corrected chi connectivity index (χ1v) is 13.9. The summed E-state index contributed by atoms with van der Waals surface area (Å²) in [6, 6.07) is 33.6. The Morgan fingerprint density at radius 3 is 1.45 bits per heavy atom. The van der Waals surface area contributed by atoms with Gasteiger partial charge in [-0.2, -0.15) is 0 Å². The summed E-state index contributed by atoms with van der Waals surface area (Å²) in [6.45, 7) is 0.142. The fourth-order valence-corrected chi connectivity index (χ4v) is 9.08. The summed E-state index contributed by atoms with van der Waals surface area (Å²) in [5.74, 6) is 0. The molecule has 0 N–H and O–H groups in total. The summed E-state index contributed by atoms with van der Waals surface area (Å²) in [6.07, 6.45) is 0. The van der Waals surface area contributed by atoms with Gasteiger partial charge in [0.25, 0.3) is 6.71 Å². The fraction of sp³-hybridized carbons (Fsp3) is 0. The molecule has 180 valence electrons. The third kappa shape index (κ3) is 1.48. The van der Waals surface area contributed by atoms with E-state index in [0.29, 0.717) is 0 Å². The van der Waals surface area contributed by atoms with E-state index in [1.807, 2.05) is 0 Å². The van der Waals surface area contributed by atoms with Crippen molar-refractivity contribution in [1.29, 1.82) is 0 Å². The Hall–Kier alpha value is -5.36. The van der Waals surface area contributed by atoms with Crippen LogP contribution in [-0.4, -0.2) is 24.6 Å². The number of nitrogens with zero attached hydrogens (tertiary/aromatic N) is 4. The molecule has 0 saturated carbocycles. The molecule has 13 rings (SSSR count). The quantitative estimate of drug-likeness (QED) is 0.242. The largest absolute Gasteiger partial charge is 0.456 e. The third-order valence-corrected chi connectivity index (χ3v) is 10.2. The highest BCUT2D eigenvalue weighted by molar-refractivity contribution is 7.03. The van der Waals surface area contributed by atoms with Crippen molar-refractivity contribution in [2.45, 2.75) is 0 Å². The average Bonchev–Trinajstić information content (AvgIpc) is 3.75. The number of hydrogen-bond acceptors (Lipinski definition) is 1. The second kappa shape index (κ2) is 5.25. The van der Waals surface area contributed by atoms with Crippen molar-refractivity contribution < 1.29 is 4.42 Å². The van der Waals surface area contributed by atoms with E-state index in [9.17, 15) is 0 Å². The first-order chi connectivity index (χ1) is 19.9. The van der Waals surface area contributed by atoms with E-state index < -0.39 is 0 Å². The zero-order valence-corrected chi connectivity index (χ0v) is 20.9. The molecule has 5 aromatic carbocycles. The SMILES string of the molecule is c1cc2c3c(c1)-n1c4ccccc4n4c5ccc6oc7ccc8c9c(c%10n-2c2ccccc2n8%10)B3c(c5c6c79)c14. The van der Waals surface area contributed by atoms with Crippen LogP contribution in [0.5, 0.6) is 0 Å². The molecule has 3 aliphatic heterocycles. The van der Waals surface area contributed by atoms with Crippen LogP contribution in [0.1, 0.15) is 0 Å². The molecule has 0 fully saturated rings. The number of furan rings is 1. The van der Waals surface area contributed by atoms with E-state index in [1.54, 1.807) is 0 Å². The number of fused-ring (bicyclic) bond motifs is 10. The molecule has 5 nitrogen and oxygen atoms in total. The molecular weight excluding hydrogens is 491 g/mol. The Kier molecular flexibility index (Phi) is 2.37. The van der Waals surface area contributed by atoms with Gasteiger partial charge in [0, 0.05) is 32.9 Å². The molecule has 0 spiro atoms. The lowest BCUT2D eigenvalue weighted by atomic mass is 9.34. The average molecular weight is 506 g/mol. The van der Waals surface area contributed by atoms with E-state index in [4.69, 9.17) is 4.42 Å². The molecule has 0 unspecified atom stereocenters. The summed E-state index contributed by atoms with van der Waals surface area (Å²) in [5.41, 5.74) is 18.9. The highest BCUT2D eigenvalue weighted by Crippen LogP contribution is 2.46. The topological polar surface area (TPSA) is 31.8 Å². The van der Waals surface area contributed by atoms with Crippen molar-refractivity contribution in [3.63, 3.8) is 0 Å². The Balaban J connectivity index is 1.51. The Bertz CT molecular complexity index is 2750. The van der Waals surface area contributed by atoms with Gasteiger partial charge in [0.15, 0.2) is 0 Å². The summed E-state index contributed by atoms with van der Waals surface area (Å²) < 4.78 is 16.7. The summed E-state index contributed by atoms with van der Waals surface area (Å²) in [7, 11) is 0. The molecule has 6 heteroatoms. The lowest BCUT2D eigenvalue weighted by Gasteiger charge is -2.31. The number of imidazole rings is 2. The molecule has 0 amide bonds. The van der Waals surface area contributed by atoms with Crippen molar-refractivity contribution in [2.24, 2.45) is 0 Å². The van der Waals surface area contributed by atoms with Crippen LogP contribution < -0.4 is 16.4 Å². The highest BCUT2D eigenvalue weighted by atomic mass is 16.3. The van der Waals surface area contributed by atoms with Crippen LogP contribution in [0.4, 0.5) is 0 Å². The highest BCUT2D eigenvalue weighted by Gasteiger charge is 2.47. The number of para-hydroxylation sites is 4. The van der Waals surface area contributed by atoms with Crippen LogP contribution in [0.2, 0.25) is 0 Å². The van der Waals surface area contributed by atoms with E-state index in [0.717, 1.165) is 11.2 Å². The minimum absolute atomic E-state index is 0.142. The molecule has 10 aromatic rings. The molecule has 8 heterocycles. The van der Waals surface area contributed by atoms with Gasteiger partial charge >= 0.3 is 0 Å². The standard InChI is InChI=1S/C34H15BN4O/c1-3-8-18-16(6-1)36-20-12-14-24-28-26(20)31-33(36)38(18)22-10-5-11-23-30(22)35(31)32-27-21(13-15-25(40-24)29(27)28)37-17-7-2-4-9-19(17)39(23)34(32)37/h1-15H. The lowest BCUT2D eigenvalue weighted by molar-refractivity contribution is 0.669. The Morgan fingerprint density at radius 1 is 0.425 bits per heavy atom. The van der Waals surface area contributed by atoms with Crippen LogP contribution in [-0.2, 0) is 0 Å². The lowest BCUT2D eigenvalue weighted by Crippen LogP contribution is -2.59. The number of benzene rings is 5. The monoisotopic (exact) mass is 506 g/mol. The van der Waals surface area contributed by atoms with Gasteiger partial charge in [-0.3, -0.25) is 17.9 Å². The van der Waals surface area contributed by atoms with Crippen molar-refractivity contribution in [3.05, 3.63) is 91.0 Å². The minimum atomic E-state index is 0.142. The zero-order chi connectivity index (χ0) is 25.2. The molecule has 40 heavy (non-hydrogen) atoms. The van der Waals surface area contributed by atoms with Crippen LogP contribution in [0.15, 0.2) is 95.4 Å². The number of aromatic nitrogens is 4. The number of hydrogen-bond donors (Lipinski definition) is 0. The van der Waals surface area contributed by atoms with Crippen molar-refractivity contribution >= 4 is 100 Å². The van der Waals surface area contributed by atoms with Gasteiger partial charge in [-0.1, -0.05) is 30.3 Å². The van der Waals surface area contributed by atoms with E-state index >= 15 is 0 Å². The fourth-order valence-electron chi connectivity index (χ4n) is 9.08. The van der Waals surface area contributed by atoms with Crippen molar-refractivity contribution in [3.8, 4) is 11.4 Å². The van der Waals surface area contributed by atoms with Gasteiger partial charge in [0.1, 0.15) is 22.5 Å². The molecule has 0 aliphatic carbocycles. The molecule has 3 aliphatic rings. The molecule has 0 bridgehead atoms. The predicted molar refractivity (Wildman–Crippen MR) is 163 cm³/mol. The smallest absolute Gasteiger partial charge is 0.258 e. The first kappa shape index (κ1) is 18.0. The third-order valence-electron chi connectivity index (χ3n) is 10.2. The molecular formula is C34H15BN4O. The van der Waals surface area contributed by atoms with Gasteiger partial charge in [0.05, 0.1) is 33.1 Å². The predicted octanol–water partition coefficient (Wildman–Crippen LogP) is 5.74. The van der Waals surface area contributed by atoms with Gasteiger partial charge in [0.2, 0.25) is 0 Å². The van der Waals surface area contributed by atoms with Crippen molar-refractivity contribution in [2.75, 3.05) is 0 Å². The van der Waals surface area contributed by atoms with Crippen LogP contribution >= 0.6 is 0 Å². The maximum atomic E-state index is 6.60. The van der Waals surface area contributed by atoms with Crippen molar-refractivity contribution in [1.82, 2.24) is 17.9 Å². The first-order valence-electron chi connectivity index (χ1n) is 13.9. The summed E-state index contributed by atoms with van der Waals surface area (Å²) in [4.78, 5) is 0. The molecule has 0 radical (unpaired) electrons. The van der Waals surface area contributed by atoms with E-state index in [1.165, 1.54) is 93.7 Å². The summed E-state index contributed by atoms with van der Waals surface area (Å²) in [5, 5.41) is 5.23. The van der Waals surface area contributed by atoms with Gasteiger partial charge in [-0.05, 0) is 77.1 Å². The van der Waals surface area contributed by atoms with E-state index in [2.05, 4.69) is 109 Å². The normalized spacial score (nSPS) is 14.4. The second-order valence-electron chi connectivity index (χ2n) is 11.7. The molecule has 0 saturated heterocycles. The molecule has 0 atom stereocenters. The Morgan fingerprint density at radius 2 is 0.925 bits per heavy atom. The molecule has 5 aromatic heterocycles. The van der Waals surface area contributed by atoms with E-state index in [-0.39, 0.29) is 6.71 Å². The zero-order valence-electron chi connectivity index (χ0n) is 20.9. The maximum absolute atomic E-state index is 6.60. The Labute approximate surface area is 224 Å². The van der Waals surface area contributed by atoms with Crippen LogP contribution in [0, 0.1) is 0 Å². The van der Waals surface area contributed by atoms with Gasteiger partial charge in [-0.25, -0.2) is 0 Å². The van der Waals surface area contributed by atoms with Crippen LogP contribution in [0.25, 0.3) is 88.5 Å². The minimum Gasteiger partial charge on any atom is -0.456 e.